The molecule has 1 fully saturated rings. The Labute approximate surface area is 229 Å². The van der Waals surface area contributed by atoms with Gasteiger partial charge in [0.2, 0.25) is 11.6 Å². The highest BCUT2D eigenvalue weighted by molar-refractivity contribution is 7.93. The Balaban J connectivity index is 1.43. The van der Waals surface area contributed by atoms with Gasteiger partial charge in [-0.3, -0.25) is 18.8 Å². The van der Waals surface area contributed by atoms with Crippen LogP contribution in [0, 0.1) is 13.8 Å². The predicted molar refractivity (Wildman–Crippen MR) is 146 cm³/mol. The number of anilines is 1. The molecule has 12 nitrogen and oxygen atoms in total. The quantitative estimate of drug-likeness (QED) is 0.318. The Hall–Kier alpha value is -3.59. The van der Waals surface area contributed by atoms with Gasteiger partial charge in [0.1, 0.15) is 22.2 Å². The lowest BCUT2D eigenvalue weighted by atomic mass is 10.1. The molecule has 5 heterocycles. The van der Waals surface area contributed by atoms with Crippen LogP contribution in [0.2, 0.25) is 0 Å². The molecule has 0 aliphatic carbocycles. The van der Waals surface area contributed by atoms with Crippen molar-refractivity contribution < 1.29 is 22.6 Å². The fraction of sp³-hybridized carbons (Fsp3) is 0.360. The zero-order chi connectivity index (χ0) is 27.6. The number of pyridine rings is 2. The molecule has 39 heavy (non-hydrogen) atoms. The van der Waals surface area contributed by atoms with Crippen molar-refractivity contribution >= 4 is 32.0 Å². The van der Waals surface area contributed by atoms with Crippen LogP contribution in [0.1, 0.15) is 10.7 Å². The van der Waals surface area contributed by atoms with E-state index in [1.54, 1.807) is 32.2 Å². The second-order valence-corrected chi connectivity index (χ2v) is 11.7. The van der Waals surface area contributed by atoms with Gasteiger partial charge < -0.3 is 14.2 Å². The van der Waals surface area contributed by atoms with Crippen LogP contribution in [0.4, 0.5) is 5.00 Å². The van der Waals surface area contributed by atoms with Gasteiger partial charge in [0, 0.05) is 43.2 Å². The summed E-state index contributed by atoms with van der Waals surface area (Å²) in [5.41, 5.74) is 1.68. The van der Waals surface area contributed by atoms with Crippen molar-refractivity contribution in [2.75, 3.05) is 51.3 Å². The van der Waals surface area contributed by atoms with Gasteiger partial charge in [-0.2, -0.15) is 0 Å². The third kappa shape index (κ3) is 5.88. The number of ether oxygens (including phenoxy) is 3. The first kappa shape index (κ1) is 27.0. The monoisotopic (exact) mass is 572 g/mol. The third-order valence-electron chi connectivity index (χ3n) is 6.20. The standard InChI is InChI=1S/C25H28N6O6S2/c1-16-24(38-17(2)28-16)29-39(33,34)21-12-19(13-27-23(21)35-3)18-4-5-22-26-14-20(25(32)31(22)15-18)37-11-8-30-6-9-36-10-7-30/h4-5,12-15,29H,6-11H2,1-3H3. The first-order chi connectivity index (χ1) is 18.7. The Morgan fingerprint density at radius 3 is 2.64 bits per heavy atom. The summed E-state index contributed by atoms with van der Waals surface area (Å²) in [6.45, 7) is 7.58. The molecule has 4 aromatic rings. The van der Waals surface area contributed by atoms with E-state index in [9.17, 15) is 13.2 Å². The lowest BCUT2D eigenvalue weighted by Crippen LogP contribution is -2.38. The van der Waals surface area contributed by atoms with Crippen LogP contribution in [-0.2, 0) is 14.8 Å². The molecule has 5 rings (SSSR count). The van der Waals surface area contributed by atoms with Gasteiger partial charge in [-0.15, -0.1) is 11.3 Å². The zero-order valence-corrected chi connectivity index (χ0v) is 23.3. The number of fused-ring (bicyclic) bond motifs is 1. The number of rotatable bonds is 9. The Kier molecular flexibility index (Phi) is 7.79. The van der Waals surface area contributed by atoms with Gasteiger partial charge in [0.05, 0.1) is 37.2 Å². The number of sulfonamides is 1. The highest BCUT2D eigenvalue weighted by Gasteiger charge is 2.24. The summed E-state index contributed by atoms with van der Waals surface area (Å²) in [5, 5.41) is 1.16. The van der Waals surface area contributed by atoms with E-state index in [1.807, 2.05) is 0 Å². The highest BCUT2D eigenvalue weighted by atomic mass is 32.2. The second kappa shape index (κ2) is 11.3. The minimum Gasteiger partial charge on any atom is -0.485 e. The molecule has 0 unspecified atom stereocenters. The van der Waals surface area contributed by atoms with Crippen LogP contribution < -0.4 is 19.8 Å². The molecule has 0 radical (unpaired) electrons. The number of methoxy groups -OCH3 is 1. The van der Waals surface area contributed by atoms with E-state index in [0.717, 1.165) is 18.1 Å². The molecule has 0 aromatic carbocycles. The molecule has 4 aromatic heterocycles. The van der Waals surface area contributed by atoms with E-state index in [-0.39, 0.29) is 22.1 Å². The van der Waals surface area contributed by atoms with Crippen molar-refractivity contribution in [2.45, 2.75) is 18.7 Å². The van der Waals surface area contributed by atoms with Crippen LogP contribution in [0.15, 0.2) is 46.5 Å². The lowest BCUT2D eigenvalue weighted by molar-refractivity contribution is 0.0321. The molecular weight excluding hydrogens is 544 g/mol. The molecule has 1 aliphatic heterocycles. The number of nitrogens with zero attached hydrogens (tertiary/aromatic N) is 5. The number of nitrogens with one attached hydrogen (secondary N) is 1. The van der Waals surface area contributed by atoms with E-state index in [4.69, 9.17) is 14.2 Å². The normalized spacial score (nSPS) is 14.4. The predicted octanol–water partition coefficient (Wildman–Crippen LogP) is 2.35. The smallest absolute Gasteiger partial charge is 0.300 e. The number of morpholine rings is 1. The number of hydrogen-bond acceptors (Lipinski definition) is 11. The summed E-state index contributed by atoms with van der Waals surface area (Å²) < 4.78 is 46.9. The molecule has 0 spiro atoms. The largest absolute Gasteiger partial charge is 0.485 e. The van der Waals surface area contributed by atoms with E-state index in [1.165, 1.54) is 41.3 Å². The molecule has 1 aliphatic rings. The summed E-state index contributed by atoms with van der Waals surface area (Å²) in [7, 11) is -2.70. The summed E-state index contributed by atoms with van der Waals surface area (Å²) in [4.78, 5) is 28.1. The Morgan fingerprint density at radius 1 is 1.13 bits per heavy atom. The first-order valence-corrected chi connectivity index (χ1v) is 14.5. The zero-order valence-electron chi connectivity index (χ0n) is 21.7. The average Bonchev–Trinajstić information content (AvgIpc) is 3.25. The van der Waals surface area contributed by atoms with Gasteiger partial charge in [-0.25, -0.2) is 23.4 Å². The first-order valence-electron chi connectivity index (χ1n) is 12.2. The van der Waals surface area contributed by atoms with Crippen molar-refractivity contribution in [3.8, 4) is 22.8 Å². The molecule has 1 saturated heterocycles. The van der Waals surface area contributed by atoms with Crippen molar-refractivity contribution in [3.05, 3.63) is 57.8 Å². The number of aryl methyl sites for hydroxylation is 2. The highest BCUT2D eigenvalue weighted by Crippen LogP contribution is 2.31. The van der Waals surface area contributed by atoms with Crippen LogP contribution in [0.25, 0.3) is 16.8 Å². The summed E-state index contributed by atoms with van der Waals surface area (Å²) in [5.74, 6) is 0.0779. The molecule has 0 saturated carbocycles. The van der Waals surface area contributed by atoms with Gasteiger partial charge >= 0.3 is 0 Å². The van der Waals surface area contributed by atoms with Gasteiger partial charge in [-0.1, -0.05) is 0 Å². The Bertz CT molecular complexity index is 1660. The minimum absolute atomic E-state index is 0.0549. The summed E-state index contributed by atoms with van der Waals surface area (Å²) in [6, 6.07) is 4.87. The van der Waals surface area contributed by atoms with Gasteiger partial charge in [-0.05, 0) is 32.0 Å². The average molecular weight is 573 g/mol. The molecule has 0 atom stereocenters. The molecule has 206 valence electrons. The molecule has 0 amide bonds. The van der Waals surface area contributed by atoms with E-state index >= 15 is 0 Å². The van der Waals surface area contributed by atoms with Crippen LogP contribution >= 0.6 is 11.3 Å². The van der Waals surface area contributed by atoms with Crippen LogP contribution in [0.5, 0.6) is 11.6 Å². The number of thiazole rings is 1. The number of aromatic nitrogens is 4. The van der Waals surface area contributed by atoms with Crippen molar-refractivity contribution in [1.82, 2.24) is 24.3 Å². The minimum atomic E-state index is -4.05. The van der Waals surface area contributed by atoms with E-state index in [0.29, 0.717) is 53.8 Å². The lowest BCUT2D eigenvalue weighted by Gasteiger charge is -2.26. The molecule has 14 heteroatoms. The van der Waals surface area contributed by atoms with Gasteiger partial charge in [0.25, 0.3) is 15.6 Å². The number of hydrogen-bond donors (Lipinski definition) is 1. The SMILES string of the molecule is COc1ncc(-c2ccc3ncc(OCCN4CCOCC4)c(=O)n3c2)cc1S(=O)(=O)Nc1sc(C)nc1C. The maximum atomic E-state index is 13.3. The maximum absolute atomic E-state index is 13.3. The van der Waals surface area contributed by atoms with Crippen molar-refractivity contribution in [1.29, 1.82) is 0 Å². The van der Waals surface area contributed by atoms with E-state index < -0.39 is 10.0 Å². The Morgan fingerprint density at radius 2 is 1.92 bits per heavy atom. The molecule has 0 bridgehead atoms. The van der Waals surface area contributed by atoms with Crippen LogP contribution in [0.3, 0.4) is 0 Å². The van der Waals surface area contributed by atoms with Crippen molar-refractivity contribution in [2.24, 2.45) is 0 Å². The maximum Gasteiger partial charge on any atom is 0.300 e. The molecule has 1 N–H and O–H groups in total. The second-order valence-electron chi connectivity index (χ2n) is 8.86. The fourth-order valence-corrected chi connectivity index (χ4v) is 6.49. The van der Waals surface area contributed by atoms with E-state index in [2.05, 4.69) is 24.6 Å². The van der Waals surface area contributed by atoms with Crippen LogP contribution in [-0.4, -0.2) is 79.2 Å². The summed E-state index contributed by atoms with van der Waals surface area (Å²) >= 11 is 1.24. The summed E-state index contributed by atoms with van der Waals surface area (Å²) in [6.07, 6.45) is 4.50. The third-order valence-corrected chi connectivity index (χ3v) is 8.67. The van der Waals surface area contributed by atoms with Crippen molar-refractivity contribution in [3.63, 3.8) is 0 Å². The fourth-order valence-electron chi connectivity index (χ4n) is 4.18. The molecular formula is C25H28N6O6S2. The van der Waals surface area contributed by atoms with Gasteiger partial charge in [0.15, 0.2) is 0 Å². The topological polar surface area (TPSA) is 137 Å².